The normalized spacial score (nSPS) is 11.1. The molecule has 0 N–H and O–H groups in total. The van der Waals surface area contributed by atoms with Crippen LogP contribution in [0.5, 0.6) is 0 Å². The quantitative estimate of drug-likeness (QED) is 0.155. The average Bonchev–Trinajstić information content (AvgIpc) is 3.22. The summed E-state index contributed by atoms with van der Waals surface area (Å²) in [6.07, 6.45) is 0. The van der Waals surface area contributed by atoms with Gasteiger partial charge >= 0.3 is 0 Å². The molecule has 0 amide bonds. The first-order chi connectivity index (χ1) is 25.3. The van der Waals surface area contributed by atoms with Crippen LogP contribution in [0.15, 0.2) is 212 Å². The first kappa shape index (κ1) is 30.4. The van der Waals surface area contributed by atoms with E-state index in [4.69, 9.17) is 0 Å². The smallest absolute Gasteiger partial charge is 0.0474 e. The van der Waals surface area contributed by atoms with Crippen LogP contribution in [0.25, 0.3) is 66.1 Å². The lowest BCUT2D eigenvalue weighted by Gasteiger charge is -2.28. The minimum absolute atomic E-state index is 1.10. The van der Waals surface area contributed by atoms with Crippen molar-refractivity contribution in [3.63, 3.8) is 0 Å². The Kier molecular flexibility index (Phi) is 7.92. The molecule has 9 rings (SSSR count). The van der Waals surface area contributed by atoms with Crippen LogP contribution in [0.1, 0.15) is 0 Å². The fourth-order valence-corrected chi connectivity index (χ4v) is 7.37. The molecule has 0 heterocycles. The molecule has 0 aliphatic heterocycles. The molecule has 51 heavy (non-hydrogen) atoms. The molecule has 1 nitrogen and oxygen atoms in total. The first-order valence-corrected chi connectivity index (χ1v) is 17.5. The largest absolute Gasteiger partial charge is 0.310 e. The Hall–Kier alpha value is -6.70. The summed E-state index contributed by atoms with van der Waals surface area (Å²) in [7, 11) is 0. The predicted octanol–water partition coefficient (Wildman–Crippen LogP) is 14.1. The van der Waals surface area contributed by atoms with Crippen LogP contribution in [-0.2, 0) is 0 Å². The summed E-state index contributed by atoms with van der Waals surface area (Å²) in [4.78, 5) is 2.38. The van der Waals surface area contributed by atoms with E-state index in [0.717, 1.165) is 17.1 Å². The molecular formula is C50H35N. The maximum atomic E-state index is 2.39. The molecule has 9 aromatic rings. The topological polar surface area (TPSA) is 3.24 Å². The number of nitrogens with zero attached hydrogens (tertiary/aromatic N) is 1. The van der Waals surface area contributed by atoms with Crippen LogP contribution >= 0.6 is 0 Å². The van der Waals surface area contributed by atoms with Gasteiger partial charge in [0.15, 0.2) is 0 Å². The Morgan fingerprint density at radius 1 is 0.255 bits per heavy atom. The molecule has 0 aromatic heterocycles. The third-order valence-corrected chi connectivity index (χ3v) is 9.83. The van der Waals surface area contributed by atoms with Crippen LogP contribution in [0.4, 0.5) is 17.1 Å². The molecule has 0 aliphatic rings. The van der Waals surface area contributed by atoms with Crippen LogP contribution in [0, 0.1) is 0 Å². The maximum absolute atomic E-state index is 2.39. The van der Waals surface area contributed by atoms with Gasteiger partial charge in [-0.2, -0.15) is 0 Å². The average molecular weight is 650 g/mol. The molecule has 0 unspecified atom stereocenters. The Bertz CT molecular complexity index is 2530. The van der Waals surface area contributed by atoms with Crippen molar-refractivity contribution in [3.05, 3.63) is 212 Å². The van der Waals surface area contributed by atoms with Gasteiger partial charge in [0.25, 0.3) is 0 Å². The van der Waals surface area contributed by atoms with Crippen molar-refractivity contribution < 1.29 is 0 Å². The zero-order valence-corrected chi connectivity index (χ0v) is 28.2. The highest BCUT2D eigenvalue weighted by molar-refractivity contribution is 6.10. The van der Waals surface area contributed by atoms with Gasteiger partial charge in [0.05, 0.1) is 0 Å². The van der Waals surface area contributed by atoms with E-state index >= 15 is 0 Å². The molecule has 240 valence electrons. The number of benzene rings is 9. The molecule has 9 aromatic carbocycles. The second kappa shape index (κ2) is 13.3. The van der Waals surface area contributed by atoms with Gasteiger partial charge in [0.1, 0.15) is 0 Å². The predicted molar refractivity (Wildman–Crippen MR) is 218 cm³/mol. The lowest BCUT2D eigenvalue weighted by Crippen LogP contribution is -2.10. The molecule has 0 aliphatic carbocycles. The molecule has 0 spiro atoms. The van der Waals surface area contributed by atoms with E-state index < -0.39 is 0 Å². The number of hydrogen-bond acceptors (Lipinski definition) is 1. The number of anilines is 3. The van der Waals surface area contributed by atoms with Gasteiger partial charge in [0, 0.05) is 17.1 Å². The van der Waals surface area contributed by atoms with E-state index in [1.165, 1.54) is 66.1 Å². The minimum atomic E-state index is 1.10. The van der Waals surface area contributed by atoms with Gasteiger partial charge < -0.3 is 4.90 Å². The molecule has 0 fully saturated rings. The van der Waals surface area contributed by atoms with Crippen molar-refractivity contribution in [2.24, 2.45) is 0 Å². The van der Waals surface area contributed by atoms with Crippen molar-refractivity contribution in [1.82, 2.24) is 0 Å². The molecule has 1 heteroatoms. The second-order valence-corrected chi connectivity index (χ2v) is 13.0. The van der Waals surface area contributed by atoms with Gasteiger partial charge in [-0.15, -0.1) is 0 Å². The standard InChI is InChI=1S/C50H35N/c1-5-15-36(16-6-1)37-29-31-44(32-30-37)51(43-22-11-4-12-23-43)45-34-48(38-17-7-2-8-18-38)50(49(35-45)39-19-9-3-10-20-39)42-28-27-41-26-25-40-21-13-14-24-46(40)47(41)33-42/h1-35H. The second-order valence-electron chi connectivity index (χ2n) is 13.0. The summed E-state index contributed by atoms with van der Waals surface area (Å²) in [5, 5.41) is 5.02. The van der Waals surface area contributed by atoms with E-state index in [1.54, 1.807) is 0 Å². The zero-order valence-electron chi connectivity index (χ0n) is 28.2. The van der Waals surface area contributed by atoms with Crippen LogP contribution < -0.4 is 4.90 Å². The van der Waals surface area contributed by atoms with Gasteiger partial charge in [-0.05, 0) is 109 Å². The fourth-order valence-electron chi connectivity index (χ4n) is 7.37. The van der Waals surface area contributed by atoms with Crippen molar-refractivity contribution >= 4 is 38.6 Å². The summed E-state index contributed by atoms with van der Waals surface area (Å²) in [5.41, 5.74) is 12.9. The Morgan fingerprint density at radius 3 is 1.29 bits per heavy atom. The third-order valence-electron chi connectivity index (χ3n) is 9.83. The van der Waals surface area contributed by atoms with Crippen molar-refractivity contribution in [1.29, 1.82) is 0 Å². The van der Waals surface area contributed by atoms with E-state index in [-0.39, 0.29) is 0 Å². The highest BCUT2D eigenvalue weighted by Gasteiger charge is 2.21. The van der Waals surface area contributed by atoms with Crippen molar-refractivity contribution in [2.75, 3.05) is 4.90 Å². The Balaban J connectivity index is 1.32. The third kappa shape index (κ3) is 5.86. The molecule has 0 saturated carbocycles. The number of fused-ring (bicyclic) bond motifs is 3. The van der Waals surface area contributed by atoms with Crippen LogP contribution in [0.2, 0.25) is 0 Å². The molecular weight excluding hydrogens is 615 g/mol. The molecule has 0 atom stereocenters. The fraction of sp³-hybridized carbons (Fsp3) is 0. The summed E-state index contributed by atoms with van der Waals surface area (Å²) >= 11 is 0. The van der Waals surface area contributed by atoms with Crippen LogP contribution in [0.3, 0.4) is 0 Å². The lowest BCUT2D eigenvalue weighted by atomic mass is 9.85. The lowest BCUT2D eigenvalue weighted by molar-refractivity contribution is 1.28. The molecule has 0 bridgehead atoms. The number of para-hydroxylation sites is 1. The summed E-state index contributed by atoms with van der Waals surface area (Å²) in [5.74, 6) is 0. The monoisotopic (exact) mass is 649 g/mol. The van der Waals surface area contributed by atoms with E-state index in [9.17, 15) is 0 Å². The minimum Gasteiger partial charge on any atom is -0.310 e. The van der Waals surface area contributed by atoms with Gasteiger partial charge in [-0.25, -0.2) is 0 Å². The maximum Gasteiger partial charge on any atom is 0.0474 e. The highest BCUT2D eigenvalue weighted by Crippen LogP contribution is 2.47. The van der Waals surface area contributed by atoms with E-state index in [2.05, 4.69) is 217 Å². The first-order valence-electron chi connectivity index (χ1n) is 17.5. The molecule has 0 saturated heterocycles. The number of hydrogen-bond donors (Lipinski definition) is 0. The summed E-state index contributed by atoms with van der Waals surface area (Å²) in [6, 6.07) is 76.7. The zero-order chi connectivity index (χ0) is 34.0. The van der Waals surface area contributed by atoms with Crippen molar-refractivity contribution in [2.45, 2.75) is 0 Å². The van der Waals surface area contributed by atoms with Gasteiger partial charge in [-0.3, -0.25) is 0 Å². The van der Waals surface area contributed by atoms with Gasteiger partial charge in [0.2, 0.25) is 0 Å². The highest BCUT2D eigenvalue weighted by atomic mass is 15.1. The Morgan fingerprint density at radius 2 is 0.686 bits per heavy atom. The molecule has 0 radical (unpaired) electrons. The SMILES string of the molecule is c1ccc(-c2ccc(N(c3ccccc3)c3cc(-c4ccccc4)c(-c4ccc5ccc6ccccc6c5c4)c(-c4ccccc4)c3)cc2)cc1. The Labute approximate surface area is 299 Å². The van der Waals surface area contributed by atoms with E-state index in [0.29, 0.717) is 0 Å². The van der Waals surface area contributed by atoms with Gasteiger partial charge in [-0.1, -0.05) is 170 Å². The summed E-state index contributed by atoms with van der Waals surface area (Å²) in [6.45, 7) is 0. The van der Waals surface area contributed by atoms with Crippen LogP contribution in [-0.4, -0.2) is 0 Å². The summed E-state index contributed by atoms with van der Waals surface area (Å²) < 4.78 is 0. The van der Waals surface area contributed by atoms with E-state index in [1.807, 2.05) is 0 Å². The van der Waals surface area contributed by atoms with Crippen molar-refractivity contribution in [3.8, 4) is 44.5 Å². The number of rotatable bonds is 7.